The van der Waals surface area contributed by atoms with Gasteiger partial charge < -0.3 is 35.3 Å². The van der Waals surface area contributed by atoms with E-state index in [0.29, 0.717) is 0 Å². The number of aldehydes is 1. The van der Waals surface area contributed by atoms with E-state index in [4.69, 9.17) is 14.9 Å². The Morgan fingerprint density at radius 3 is 2.25 bits per heavy atom. The van der Waals surface area contributed by atoms with Crippen molar-refractivity contribution in [3.8, 4) is 0 Å². The Kier molecular flexibility index (Phi) is 7.92. The molecule has 0 heterocycles. The fourth-order valence-corrected chi connectivity index (χ4v) is 1.44. The third kappa shape index (κ3) is 5.61. The number of aliphatic hydroxyl groups is 3. The van der Waals surface area contributed by atoms with Crippen LogP contribution in [0.2, 0.25) is 0 Å². The fraction of sp³-hybridized carbons (Fsp3) is 0.727. The number of hydrogen-bond donors (Lipinski definition) is 5. The van der Waals surface area contributed by atoms with Gasteiger partial charge in [0, 0.05) is 6.92 Å². The first kappa shape index (κ1) is 18.4. The molecule has 0 bridgehead atoms. The van der Waals surface area contributed by atoms with Gasteiger partial charge in [0.25, 0.3) is 0 Å². The predicted molar refractivity (Wildman–Crippen MR) is 64.7 cm³/mol. The summed E-state index contributed by atoms with van der Waals surface area (Å²) in [5, 5.41) is 39.2. The number of carbonyl (C=O) groups excluding carboxylic acids is 2. The van der Waals surface area contributed by atoms with E-state index in [0.717, 1.165) is 13.8 Å². The van der Waals surface area contributed by atoms with Crippen LogP contribution in [0.5, 0.6) is 0 Å². The van der Waals surface area contributed by atoms with Gasteiger partial charge in [-0.3, -0.25) is 4.79 Å². The van der Waals surface area contributed by atoms with E-state index >= 15 is 0 Å². The lowest BCUT2D eigenvalue weighted by Gasteiger charge is -2.31. The van der Waals surface area contributed by atoms with Crippen molar-refractivity contribution < 1.29 is 39.5 Å². The van der Waals surface area contributed by atoms with E-state index in [2.05, 4.69) is 5.32 Å². The maximum absolute atomic E-state index is 10.9. The van der Waals surface area contributed by atoms with E-state index in [9.17, 15) is 24.6 Å². The molecule has 0 fully saturated rings. The molecular weight excluding hydrogens is 274 g/mol. The molecule has 5 N–H and O–H groups in total. The number of ether oxygens (including phenoxy) is 1. The second-order valence-corrected chi connectivity index (χ2v) is 4.18. The van der Waals surface area contributed by atoms with Gasteiger partial charge in [0.1, 0.15) is 30.6 Å². The lowest BCUT2D eigenvalue weighted by atomic mass is 10.0. The number of amides is 1. The number of aliphatic carboxylic acids is 1. The first-order valence-corrected chi connectivity index (χ1v) is 5.82. The normalized spacial score (nSPS) is 18.4. The molecule has 0 spiro atoms. The zero-order chi connectivity index (χ0) is 15.9. The summed E-state index contributed by atoms with van der Waals surface area (Å²) in [4.78, 5) is 32.4. The van der Waals surface area contributed by atoms with Crippen molar-refractivity contribution in [2.45, 2.75) is 44.3 Å². The highest BCUT2D eigenvalue weighted by Gasteiger charge is 2.36. The van der Waals surface area contributed by atoms with Crippen LogP contribution in [0.15, 0.2) is 0 Å². The van der Waals surface area contributed by atoms with Crippen molar-refractivity contribution in [1.29, 1.82) is 0 Å². The first-order valence-electron chi connectivity index (χ1n) is 5.82. The van der Waals surface area contributed by atoms with Crippen molar-refractivity contribution in [3.05, 3.63) is 0 Å². The van der Waals surface area contributed by atoms with Crippen LogP contribution < -0.4 is 5.32 Å². The molecule has 0 unspecified atom stereocenters. The average molecular weight is 293 g/mol. The van der Waals surface area contributed by atoms with Gasteiger partial charge >= 0.3 is 5.97 Å². The number of carboxylic acid groups (broad SMARTS) is 1. The molecule has 9 heteroatoms. The van der Waals surface area contributed by atoms with Crippen molar-refractivity contribution in [2.75, 3.05) is 6.61 Å². The Bertz CT molecular complexity index is 347. The number of aliphatic hydroxyl groups excluding tert-OH is 3. The maximum Gasteiger partial charge on any atom is 0.332 e. The topological polar surface area (TPSA) is 153 Å². The van der Waals surface area contributed by atoms with Crippen molar-refractivity contribution in [3.63, 3.8) is 0 Å². The third-order valence-electron chi connectivity index (χ3n) is 2.50. The molecule has 0 aliphatic carbocycles. The van der Waals surface area contributed by atoms with Gasteiger partial charge in [-0.15, -0.1) is 0 Å². The molecule has 0 aliphatic rings. The minimum Gasteiger partial charge on any atom is -0.479 e. The molecule has 0 rings (SSSR count). The highest BCUT2D eigenvalue weighted by Crippen LogP contribution is 2.12. The molecule has 20 heavy (non-hydrogen) atoms. The lowest BCUT2D eigenvalue weighted by Crippen LogP contribution is -2.55. The smallest absolute Gasteiger partial charge is 0.332 e. The summed E-state index contributed by atoms with van der Waals surface area (Å²) in [6.45, 7) is 1.45. The molecular formula is C11H19NO8. The summed E-state index contributed by atoms with van der Waals surface area (Å²) >= 11 is 0. The van der Waals surface area contributed by atoms with Crippen LogP contribution >= 0.6 is 0 Å². The van der Waals surface area contributed by atoms with Crippen LogP contribution in [-0.2, 0) is 19.1 Å². The van der Waals surface area contributed by atoms with E-state index in [-0.39, 0.29) is 6.29 Å². The van der Waals surface area contributed by atoms with Crippen molar-refractivity contribution >= 4 is 18.2 Å². The molecule has 1 amide bonds. The van der Waals surface area contributed by atoms with Crippen molar-refractivity contribution in [1.82, 2.24) is 5.32 Å². The number of nitrogens with one attached hydrogen (secondary N) is 1. The Hall–Kier alpha value is -1.55. The van der Waals surface area contributed by atoms with E-state index in [1.165, 1.54) is 0 Å². The number of hydrogen-bond acceptors (Lipinski definition) is 7. The van der Waals surface area contributed by atoms with E-state index in [1.54, 1.807) is 0 Å². The zero-order valence-electron chi connectivity index (χ0n) is 11.1. The number of rotatable bonds is 9. The molecule has 0 aromatic carbocycles. The minimum absolute atomic E-state index is 0.220. The van der Waals surface area contributed by atoms with Crippen LogP contribution in [0.3, 0.4) is 0 Å². The summed E-state index contributed by atoms with van der Waals surface area (Å²) in [5.74, 6) is -1.96. The van der Waals surface area contributed by atoms with Crippen LogP contribution in [0.25, 0.3) is 0 Å². The molecule has 0 aliphatic heterocycles. The van der Waals surface area contributed by atoms with Gasteiger partial charge in [0.15, 0.2) is 6.10 Å². The van der Waals surface area contributed by atoms with Gasteiger partial charge in [0.05, 0.1) is 6.61 Å². The summed E-state index contributed by atoms with van der Waals surface area (Å²) in [7, 11) is 0. The molecule has 9 nitrogen and oxygen atoms in total. The highest BCUT2D eigenvalue weighted by atomic mass is 16.5. The summed E-state index contributed by atoms with van der Waals surface area (Å²) in [5.41, 5.74) is 0. The summed E-state index contributed by atoms with van der Waals surface area (Å²) in [6, 6.07) is -1.40. The first-order chi connectivity index (χ1) is 9.24. The molecule has 5 atom stereocenters. The molecule has 0 radical (unpaired) electrons. The number of carboxylic acids is 1. The maximum atomic E-state index is 10.9. The average Bonchev–Trinajstić information content (AvgIpc) is 2.39. The Morgan fingerprint density at radius 2 is 1.90 bits per heavy atom. The van der Waals surface area contributed by atoms with E-state index in [1.807, 2.05) is 0 Å². The molecule has 0 saturated carbocycles. The van der Waals surface area contributed by atoms with Crippen LogP contribution in [0.1, 0.15) is 13.8 Å². The largest absolute Gasteiger partial charge is 0.479 e. The molecule has 0 saturated heterocycles. The Labute approximate surface area is 115 Å². The highest BCUT2D eigenvalue weighted by molar-refractivity contribution is 5.77. The quantitative estimate of drug-likeness (QED) is 0.287. The van der Waals surface area contributed by atoms with E-state index < -0.39 is 48.9 Å². The number of carbonyl (C=O) groups is 3. The van der Waals surface area contributed by atoms with Gasteiger partial charge in [-0.2, -0.15) is 0 Å². The molecule has 0 aromatic heterocycles. The Morgan fingerprint density at radius 1 is 1.35 bits per heavy atom. The van der Waals surface area contributed by atoms with Crippen LogP contribution in [0.4, 0.5) is 0 Å². The predicted octanol–water partition coefficient (Wildman–Crippen LogP) is -2.74. The second-order valence-electron chi connectivity index (χ2n) is 4.18. The minimum atomic E-state index is -1.72. The standard InChI is InChI=1S/C11H19NO8/c1-5(11(18)19)20-10(8(16)4-14)9(17)7(3-13)12-6(2)15/h3,5,7-10,14,16-17H,4H2,1-2H3,(H,12,15)(H,18,19)/t5-,7+,8-,9-,10-/m1/s1. The molecule has 116 valence electrons. The summed E-state index contributed by atoms with van der Waals surface area (Å²) < 4.78 is 4.92. The lowest BCUT2D eigenvalue weighted by molar-refractivity contribution is -0.172. The monoisotopic (exact) mass is 293 g/mol. The SMILES string of the molecule is CC(=O)N[C@@H](C=O)[C@@H](O)[C@H](O[C@H](C)C(=O)O)[C@H](O)CO. The van der Waals surface area contributed by atoms with Crippen LogP contribution in [0, 0.1) is 0 Å². The van der Waals surface area contributed by atoms with Crippen molar-refractivity contribution in [2.24, 2.45) is 0 Å². The zero-order valence-corrected chi connectivity index (χ0v) is 11.1. The molecule has 0 aromatic rings. The van der Waals surface area contributed by atoms with Crippen LogP contribution in [-0.4, -0.2) is 75.7 Å². The summed E-state index contributed by atoms with van der Waals surface area (Å²) in [6.07, 6.45) is -6.07. The van der Waals surface area contributed by atoms with Gasteiger partial charge in [-0.05, 0) is 6.92 Å². The second kappa shape index (κ2) is 8.59. The van der Waals surface area contributed by atoms with Gasteiger partial charge in [0.2, 0.25) is 5.91 Å². The Balaban J connectivity index is 5.03. The third-order valence-corrected chi connectivity index (χ3v) is 2.50. The fourth-order valence-electron chi connectivity index (χ4n) is 1.44. The van der Waals surface area contributed by atoms with Gasteiger partial charge in [-0.25, -0.2) is 4.79 Å². The van der Waals surface area contributed by atoms with Gasteiger partial charge in [-0.1, -0.05) is 0 Å².